The van der Waals surface area contributed by atoms with Crippen LogP contribution in [0.3, 0.4) is 0 Å². The van der Waals surface area contributed by atoms with Gasteiger partial charge in [0.1, 0.15) is 0 Å². The van der Waals surface area contributed by atoms with Gasteiger partial charge in [0.05, 0.1) is 11.4 Å². The minimum atomic E-state index is -3.83. The fourth-order valence-corrected chi connectivity index (χ4v) is 2.88. The second kappa shape index (κ2) is 5.07. The molecule has 19 heavy (non-hydrogen) atoms. The highest BCUT2D eigenvalue weighted by atomic mass is 35.5. The molecule has 0 radical (unpaired) electrons. The third-order valence-electron chi connectivity index (χ3n) is 2.50. The van der Waals surface area contributed by atoms with Crippen molar-refractivity contribution in [3.63, 3.8) is 0 Å². The van der Waals surface area contributed by atoms with Crippen LogP contribution in [0, 0.1) is 6.92 Å². The molecule has 0 aliphatic carbocycles. The number of benzene rings is 1. The van der Waals surface area contributed by atoms with Crippen LogP contribution in [0.4, 0.5) is 11.4 Å². The maximum Gasteiger partial charge on any atom is 0.281 e. The lowest BCUT2D eigenvalue weighted by molar-refractivity contribution is 0.598. The summed E-state index contributed by atoms with van der Waals surface area (Å²) < 4.78 is 26.8. The maximum atomic E-state index is 12.2. The summed E-state index contributed by atoms with van der Waals surface area (Å²) in [5, 5.41) is 0.242. The maximum absolute atomic E-state index is 12.2. The van der Waals surface area contributed by atoms with Crippen LogP contribution < -0.4 is 10.5 Å². The summed E-state index contributed by atoms with van der Waals surface area (Å²) >= 11 is 5.85. The number of hydrogen-bond donors (Lipinski definition) is 2. The molecule has 0 saturated heterocycles. The fourth-order valence-electron chi connectivity index (χ4n) is 1.53. The first-order valence-corrected chi connectivity index (χ1v) is 7.26. The Balaban J connectivity index is 2.43. The zero-order valence-electron chi connectivity index (χ0n) is 10.1. The SMILES string of the molecule is Cc1ccc(Cl)cc1NS(=O)(=O)c1ncccc1N. The lowest BCUT2D eigenvalue weighted by Gasteiger charge is -2.11. The molecule has 2 rings (SSSR count). The van der Waals surface area contributed by atoms with E-state index in [2.05, 4.69) is 9.71 Å². The van der Waals surface area contributed by atoms with Crippen molar-refractivity contribution in [2.24, 2.45) is 0 Å². The average molecular weight is 298 g/mol. The third-order valence-corrected chi connectivity index (χ3v) is 4.07. The first-order valence-electron chi connectivity index (χ1n) is 5.39. The monoisotopic (exact) mass is 297 g/mol. The number of aryl methyl sites for hydroxylation is 1. The molecule has 0 saturated carbocycles. The molecule has 0 amide bonds. The molecule has 7 heteroatoms. The number of rotatable bonds is 3. The molecule has 1 aromatic heterocycles. The highest BCUT2D eigenvalue weighted by molar-refractivity contribution is 7.92. The van der Waals surface area contributed by atoms with Crippen LogP contribution in [-0.2, 0) is 10.0 Å². The molecule has 0 spiro atoms. The largest absolute Gasteiger partial charge is 0.396 e. The molecular weight excluding hydrogens is 286 g/mol. The zero-order valence-corrected chi connectivity index (χ0v) is 11.7. The Hall–Kier alpha value is -1.79. The van der Waals surface area contributed by atoms with Gasteiger partial charge in [0.15, 0.2) is 5.03 Å². The molecule has 1 heterocycles. The van der Waals surface area contributed by atoms with Crippen molar-refractivity contribution in [3.8, 4) is 0 Å². The van der Waals surface area contributed by atoms with E-state index in [1.807, 2.05) is 0 Å². The standard InChI is InChI=1S/C12H12ClN3O2S/c1-8-4-5-9(13)7-11(8)16-19(17,18)12-10(14)3-2-6-15-12/h2-7,16H,14H2,1H3. The summed E-state index contributed by atoms with van der Waals surface area (Å²) in [7, 11) is -3.83. The predicted molar refractivity (Wildman–Crippen MR) is 75.6 cm³/mol. The molecule has 0 aliphatic rings. The number of nitrogen functional groups attached to an aromatic ring is 1. The van der Waals surface area contributed by atoms with Gasteiger partial charge in [0.25, 0.3) is 10.0 Å². The number of hydrogen-bond acceptors (Lipinski definition) is 4. The summed E-state index contributed by atoms with van der Waals surface area (Å²) in [6.07, 6.45) is 1.37. The van der Waals surface area contributed by atoms with E-state index in [1.54, 1.807) is 25.1 Å². The predicted octanol–water partition coefficient (Wildman–Crippen LogP) is 2.43. The number of nitrogens with two attached hydrogens (primary N) is 1. The van der Waals surface area contributed by atoms with Crippen molar-refractivity contribution in [1.29, 1.82) is 0 Å². The van der Waals surface area contributed by atoms with E-state index in [4.69, 9.17) is 17.3 Å². The number of sulfonamides is 1. The van der Waals surface area contributed by atoms with Crippen molar-refractivity contribution in [2.45, 2.75) is 11.9 Å². The van der Waals surface area contributed by atoms with Gasteiger partial charge in [0.2, 0.25) is 0 Å². The molecule has 0 unspecified atom stereocenters. The van der Waals surface area contributed by atoms with Gasteiger partial charge in [-0.3, -0.25) is 4.72 Å². The number of aromatic nitrogens is 1. The number of nitrogens with zero attached hydrogens (tertiary/aromatic N) is 1. The minimum absolute atomic E-state index is 0.0923. The molecule has 5 nitrogen and oxygen atoms in total. The summed E-state index contributed by atoms with van der Waals surface area (Å²) in [6, 6.07) is 7.99. The highest BCUT2D eigenvalue weighted by Crippen LogP contribution is 2.24. The van der Waals surface area contributed by atoms with Crippen LogP contribution in [-0.4, -0.2) is 13.4 Å². The molecule has 0 fully saturated rings. The van der Waals surface area contributed by atoms with Crippen LogP contribution in [0.15, 0.2) is 41.6 Å². The van der Waals surface area contributed by atoms with Crippen molar-refractivity contribution >= 4 is 33.0 Å². The Labute approximate surface area is 116 Å². The van der Waals surface area contributed by atoms with Crippen molar-refractivity contribution < 1.29 is 8.42 Å². The van der Waals surface area contributed by atoms with E-state index in [0.717, 1.165) is 5.56 Å². The van der Waals surface area contributed by atoms with Crippen LogP contribution in [0.2, 0.25) is 5.02 Å². The van der Waals surface area contributed by atoms with Gasteiger partial charge < -0.3 is 5.73 Å². The van der Waals surface area contributed by atoms with Crippen LogP contribution in [0.5, 0.6) is 0 Å². The number of pyridine rings is 1. The van der Waals surface area contributed by atoms with Crippen molar-refractivity contribution in [2.75, 3.05) is 10.5 Å². The Morgan fingerprint density at radius 2 is 2.05 bits per heavy atom. The van der Waals surface area contributed by atoms with Crippen LogP contribution in [0.25, 0.3) is 0 Å². The van der Waals surface area contributed by atoms with E-state index < -0.39 is 10.0 Å². The summed E-state index contributed by atoms with van der Waals surface area (Å²) in [6.45, 7) is 1.77. The topological polar surface area (TPSA) is 85.1 Å². The van der Waals surface area contributed by atoms with Crippen LogP contribution >= 0.6 is 11.6 Å². The van der Waals surface area contributed by atoms with Crippen molar-refractivity contribution in [3.05, 3.63) is 47.1 Å². The van der Waals surface area contributed by atoms with E-state index in [-0.39, 0.29) is 10.7 Å². The smallest absolute Gasteiger partial charge is 0.281 e. The molecule has 100 valence electrons. The molecular formula is C12H12ClN3O2S. The normalized spacial score (nSPS) is 11.3. The Kier molecular flexibility index (Phi) is 3.64. The third kappa shape index (κ3) is 2.97. The average Bonchev–Trinajstić information content (AvgIpc) is 2.34. The Bertz CT molecular complexity index is 717. The summed E-state index contributed by atoms with van der Waals surface area (Å²) in [4.78, 5) is 3.79. The van der Waals surface area contributed by atoms with Gasteiger partial charge in [-0.25, -0.2) is 4.98 Å². The first-order chi connectivity index (χ1) is 8.90. The first kappa shape index (κ1) is 13.6. The van der Waals surface area contributed by atoms with E-state index in [0.29, 0.717) is 10.7 Å². The molecule has 1 aromatic carbocycles. The lowest BCUT2D eigenvalue weighted by atomic mass is 10.2. The second-order valence-corrected chi connectivity index (χ2v) is 6.00. The van der Waals surface area contributed by atoms with Gasteiger partial charge in [-0.2, -0.15) is 8.42 Å². The lowest BCUT2D eigenvalue weighted by Crippen LogP contribution is -2.16. The fraction of sp³-hybridized carbons (Fsp3) is 0.0833. The second-order valence-electron chi connectivity index (χ2n) is 3.96. The Morgan fingerprint density at radius 3 is 2.74 bits per heavy atom. The summed E-state index contributed by atoms with van der Waals surface area (Å²) in [5.41, 5.74) is 6.87. The molecule has 2 aromatic rings. The van der Waals surface area contributed by atoms with E-state index in [9.17, 15) is 8.42 Å². The number of nitrogens with one attached hydrogen (secondary N) is 1. The highest BCUT2D eigenvalue weighted by Gasteiger charge is 2.19. The minimum Gasteiger partial charge on any atom is -0.396 e. The molecule has 0 atom stereocenters. The molecule has 3 N–H and O–H groups in total. The van der Waals surface area contributed by atoms with Gasteiger partial charge in [-0.1, -0.05) is 17.7 Å². The van der Waals surface area contributed by atoms with Gasteiger partial charge in [-0.15, -0.1) is 0 Å². The van der Waals surface area contributed by atoms with Gasteiger partial charge >= 0.3 is 0 Å². The molecule has 0 aliphatic heterocycles. The number of halogens is 1. The quantitative estimate of drug-likeness (QED) is 0.911. The van der Waals surface area contributed by atoms with E-state index >= 15 is 0 Å². The summed E-state index contributed by atoms with van der Waals surface area (Å²) in [5.74, 6) is 0. The van der Waals surface area contributed by atoms with Crippen LogP contribution in [0.1, 0.15) is 5.56 Å². The molecule has 0 bridgehead atoms. The van der Waals surface area contributed by atoms with Crippen molar-refractivity contribution in [1.82, 2.24) is 4.98 Å². The number of anilines is 2. The van der Waals surface area contributed by atoms with Gasteiger partial charge in [0, 0.05) is 11.2 Å². The van der Waals surface area contributed by atoms with Gasteiger partial charge in [-0.05, 0) is 36.8 Å². The zero-order chi connectivity index (χ0) is 14.0. The Morgan fingerprint density at radius 1 is 1.32 bits per heavy atom. The van der Waals surface area contributed by atoms with E-state index in [1.165, 1.54) is 18.3 Å².